The molecular weight excluding hydrogens is 587 g/mol. The van der Waals surface area contributed by atoms with Crippen molar-refractivity contribution in [2.45, 2.75) is 26.0 Å². The molecule has 1 aliphatic heterocycles. The first kappa shape index (κ1) is 30.0. The van der Waals surface area contributed by atoms with Crippen molar-refractivity contribution in [3.8, 4) is 16.9 Å². The zero-order valence-corrected chi connectivity index (χ0v) is 24.9. The molecule has 1 fully saturated rings. The quantitative estimate of drug-likeness (QED) is 0.174. The van der Waals surface area contributed by atoms with Crippen LogP contribution in [0.3, 0.4) is 0 Å². The molecule has 0 bridgehead atoms. The monoisotopic (exact) mass is 619 g/mol. The van der Waals surface area contributed by atoms with Crippen molar-refractivity contribution in [1.29, 1.82) is 0 Å². The van der Waals surface area contributed by atoms with Gasteiger partial charge >= 0.3 is 6.36 Å². The third-order valence-electron chi connectivity index (χ3n) is 7.89. The molecular formula is C34H33ClF3N5O. The molecule has 0 radical (unpaired) electrons. The number of nitrogens with one attached hydrogen (secondary N) is 1. The Morgan fingerprint density at radius 1 is 0.841 bits per heavy atom. The summed E-state index contributed by atoms with van der Waals surface area (Å²) in [5.41, 5.74) is 5.19. The standard InChI is InChI=1S/C34H33ClF3N5O/c35-31-6-2-1-5-27(31)23-42-19-17-41(18-20-42)22-25-8-13-32-29(21-25)30(26-9-11-28(12-10-26)44-34(36,37)38)24-43(32)16-15-40-33-7-3-4-14-39-33/h1-14,21,24H,15-20,22-23H2,(H,39,40). The fourth-order valence-corrected chi connectivity index (χ4v) is 5.89. The number of pyridine rings is 1. The van der Waals surface area contributed by atoms with Gasteiger partial charge in [0.2, 0.25) is 0 Å². The average molecular weight is 620 g/mol. The van der Waals surface area contributed by atoms with Crippen LogP contribution in [0.2, 0.25) is 5.02 Å². The third-order valence-corrected chi connectivity index (χ3v) is 8.26. The molecule has 0 aliphatic carbocycles. The third kappa shape index (κ3) is 7.53. The van der Waals surface area contributed by atoms with Crippen molar-refractivity contribution in [3.05, 3.63) is 113 Å². The molecule has 0 unspecified atom stereocenters. The number of benzene rings is 3. The molecule has 0 amide bonds. The van der Waals surface area contributed by atoms with Crippen LogP contribution in [-0.4, -0.2) is 58.4 Å². The van der Waals surface area contributed by atoms with E-state index in [2.05, 4.69) is 59.9 Å². The maximum atomic E-state index is 12.7. The lowest BCUT2D eigenvalue weighted by atomic mass is 10.0. The van der Waals surface area contributed by atoms with Gasteiger partial charge in [-0.15, -0.1) is 13.2 Å². The molecule has 3 heterocycles. The van der Waals surface area contributed by atoms with Gasteiger partial charge < -0.3 is 14.6 Å². The van der Waals surface area contributed by atoms with E-state index >= 15 is 0 Å². The van der Waals surface area contributed by atoms with Crippen LogP contribution in [0.15, 0.2) is 97.3 Å². The highest BCUT2D eigenvalue weighted by Crippen LogP contribution is 2.34. The van der Waals surface area contributed by atoms with Gasteiger partial charge in [0.25, 0.3) is 0 Å². The number of fused-ring (bicyclic) bond motifs is 1. The molecule has 5 aromatic rings. The Hall–Kier alpha value is -4.05. The molecule has 0 atom stereocenters. The van der Waals surface area contributed by atoms with Crippen LogP contribution in [0.25, 0.3) is 22.0 Å². The van der Waals surface area contributed by atoms with Gasteiger partial charge in [0, 0.05) is 86.2 Å². The number of alkyl halides is 3. The predicted molar refractivity (Wildman–Crippen MR) is 169 cm³/mol. The summed E-state index contributed by atoms with van der Waals surface area (Å²) in [5, 5.41) is 5.21. The van der Waals surface area contributed by atoms with Crippen LogP contribution < -0.4 is 10.1 Å². The van der Waals surface area contributed by atoms with Gasteiger partial charge in [-0.05, 0) is 59.2 Å². The number of hydrogen-bond acceptors (Lipinski definition) is 5. The number of rotatable bonds is 10. The Morgan fingerprint density at radius 3 is 2.27 bits per heavy atom. The molecule has 44 heavy (non-hydrogen) atoms. The van der Waals surface area contributed by atoms with E-state index in [1.165, 1.54) is 17.7 Å². The number of piperazine rings is 1. The summed E-state index contributed by atoms with van der Waals surface area (Å²) < 4.78 is 44.5. The predicted octanol–water partition coefficient (Wildman–Crippen LogP) is 7.69. The average Bonchev–Trinajstić information content (AvgIpc) is 3.37. The zero-order valence-electron chi connectivity index (χ0n) is 24.1. The first-order valence-corrected chi connectivity index (χ1v) is 15.0. The van der Waals surface area contributed by atoms with E-state index in [-0.39, 0.29) is 5.75 Å². The number of aromatic nitrogens is 2. The second kappa shape index (κ2) is 13.3. The molecule has 6 rings (SSSR count). The van der Waals surface area contributed by atoms with Crippen molar-refractivity contribution < 1.29 is 17.9 Å². The summed E-state index contributed by atoms with van der Waals surface area (Å²) in [5.74, 6) is 0.567. The first-order chi connectivity index (χ1) is 21.3. The van der Waals surface area contributed by atoms with Crippen LogP contribution in [0.5, 0.6) is 5.75 Å². The minimum atomic E-state index is -4.73. The number of anilines is 1. The van der Waals surface area contributed by atoms with Crippen LogP contribution in [0.1, 0.15) is 11.1 Å². The van der Waals surface area contributed by atoms with E-state index in [0.29, 0.717) is 13.1 Å². The van der Waals surface area contributed by atoms with E-state index in [1.54, 1.807) is 18.3 Å². The minimum absolute atomic E-state index is 0.237. The highest BCUT2D eigenvalue weighted by atomic mass is 35.5. The van der Waals surface area contributed by atoms with Crippen LogP contribution >= 0.6 is 11.6 Å². The molecule has 1 aliphatic rings. The summed E-state index contributed by atoms with van der Waals surface area (Å²) in [6, 6.07) is 26.3. The molecule has 0 saturated carbocycles. The van der Waals surface area contributed by atoms with E-state index in [1.807, 2.05) is 36.4 Å². The van der Waals surface area contributed by atoms with Gasteiger partial charge in [0.15, 0.2) is 0 Å². The van der Waals surface area contributed by atoms with Gasteiger partial charge in [-0.3, -0.25) is 9.80 Å². The fraction of sp³-hybridized carbons (Fsp3) is 0.265. The lowest BCUT2D eigenvalue weighted by Crippen LogP contribution is -2.45. The van der Waals surface area contributed by atoms with E-state index < -0.39 is 6.36 Å². The van der Waals surface area contributed by atoms with Crippen molar-refractivity contribution in [3.63, 3.8) is 0 Å². The van der Waals surface area contributed by atoms with Crippen molar-refractivity contribution in [1.82, 2.24) is 19.4 Å². The van der Waals surface area contributed by atoms with Gasteiger partial charge in [-0.25, -0.2) is 4.98 Å². The highest BCUT2D eigenvalue weighted by molar-refractivity contribution is 6.31. The Labute approximate surface area is 259 Å². The second-order valence-electron chi connectivity index (χ2n) is 10.9. The molecule has 0 spiro atoms. The number of nitrogens with zero attached hydrogens (tertiary/aromatic N) is 4. The Kier molecular flexibility index (Phi) is 9.07. The van der Waals surface area contributed by atoms with Crippen molar-refractivity contribution >= 4 is 28.3 Å². The van der Waals surface area contributed by atoms with Crippen molar-refractivity contribution in [2.75, 3.05) is 38.0 Å². The first-order valence-electron chi connectivity index (χ1n) is 14.6. The SMILES string of the molecule is FC(F)(F)Oc1ccc(-c2cn(CCNc3ccccn3)c3ccc(CN4CCN(Cc5ccccc5Cl)CC4)cc23)cc1. The molecule has 3 aromatic carbocycles. The summed E-state index contributed by atoms with van der Waals surface area (Å²) in [7, 11) is 0. The van der Waals surface area contributed by atoms with E-state index in [4.69, 9.17) is 11.6 Å². The molecule has 1 N–H and O–H groups in total. The highest BCUT2D eigenvalue weighted by Gasteiger charge is 2.31. The maximum Gasteiger partial charge on any atom is 0.573 e. The second-order valence-corrected chi connectivity index (χ2v) is 11.4. The minimum Gasteiger partial charge on any atom is -0.406 e. The fourth-order valence-electron chi connectivity index (χ4n) is 5.70. The number of hydrogen-bond donors (Lipinski definition) is 1. The summed E-state index contributed by atoms with van der Waals surface area (Å²) in [4.78, 5) is 9.22. The summed E-state index contributed by atoms with van der Waals surface area (Å²) in [6.45, 7) is 6.86. The Morgan fingerprint density at radius 2 is 1.57 bits per heavy atom. The molecule has 1 saturated heterocycles. The van der Waals surface area contributed by atoms with Crippen LogP contribution in [0, 0.1) is 0 Å². The normalized spacial score (nSPS) is 14.6. The Bertz CT molecular complexity index is 1680. The molecule has 228 valence electrons. The van der Waals surface area contributed by atoms with Crippen LogP contribution in [-0.2, 0) is 19.6 Å². The van der Waals surface area contributed by atoms with E-state index in [0.717, 1.165) is 77.7 Å². The Balaban J connectivity index is 1.19. The van der Waals surface area contributed by atoms with Gasteiger partial charge in [0.05, 0.1) is 0 Å². The van der Waals surface area contributed by atoms with E-state index in [9.17, 15) is 13.2 Å². The van der Waals surface area contributed by atoms with Gasteiger partial charge in [0.1, 0.15) is 11.6 Å². The topological polar surface area (TPSA) is 45.6 Å². The van der Waals surface area contributed by atoms with Crippen LogP contribution in [0.4, 0.5) is 19.0 Å². The summed E-state index contributed by atoms with van der Waals surface area (Å²) >= 11 is 6.38. The van der Waals surface area contributed by atoms with Gasteiger partial charge in [-0.2, -0.15) is 0 Å². The largest absolute Gasteiger partial charge is 0.573 e. The lowest BCUT2D eigenvalue weighted by molar-refractivity contribution is -0.274. The molecule has 2 aromatic heterocycles. The molecule has 10 heteroatoms. The number of ether oxygens (including phenoxy) is 1. The van der Waals surface area contributed by atoms with Crippen molar-refractivity contribution in [2.24, 2.45) is 0 Å². The zero-order chi connectivity index (χ0) is 30.5. The molecule has 6 nitrogen and oxygen atoms in total. The van der Waals surface area contributed by atoms with Gasteiger partial charge in [-0.1, -0.05) is 54.1 Å². The smallest absolute Gasteiger partial charge is 0.406 e. The maximum absolute atomic E-state index is 12.7. The lowest BCUT2D eigenvalue weighted by Gasteiger charge is -2.35. The number of halogens is 4. The summed E-state index contributed by atoms with van der Waals surface area (Å²) in [6.07, 6.45) is -0.910.